The van der Waals surface area contributed by atoms with Crippen LogP contribution in [0.25, 0.3) is 0 Å². The number of aryl methyl sites for hydroxylation is 1. The summed E-state index contributed by atoms with van der Waals surface area (Å²) >= 11 is 0. The topological polar surface area (TPSA) is 38.9 Å². The van der Waals surface area contributed by atoms with Crippen molar-refractivity contribution in [2.24, 2.45) is 0 Å². The molecule has 0 fully saturated rings. The number of unbranched alkanes of at least 4 members (excludes halogenated alkanes) is 1. The Kier molecular flexibility index (Phi) is 2.90. The zero-order valence-electron chi connectivity index (χ0n) is 6.88. The quantitative estimate of drug-likeness (QED) is 0.715. The van der Waals surface area contributed by atoms with Crippen molar-refractivity contribution >= 4 is 5.82 Å². The van der Waals surface area contributed by atoms with E-state index >= 15 is 0 Å². The Balaban J connectivity index is 2.52. The lowest BCUT2D eigenvalue weighted by atomic mass is 10.1. The highest BCUT2D eigenvalue weighted by atomic mass is 14.8. The molecule has 1 aromatic rings. The Morgan fingerprint density at radius 2 is 2.27 bits per heavy atom. The van der Waals surface area contributed by atoms with Crippen LogP contribution >= 0.6 is 0 Å². The Hall–Kier alpha value is -1.05. The lowest BCUT2D eigenvalue weighted by Crippen LogP contribution is -1.91. The standard InChI is InChI=1S/C9H14N2/c1-2-3-4-8-5-6-9(10)11-7-8/h5-7H,2-4H2,1H3,(H2,10,11). The van der Waals surface area contributed by atoms with Crippen LogP contribution in [0.2, 0.25) is 0 Å². The van der Waals surface area contributed by atoms with Gasteiger partial charge in [0.2, 0.25) is 0 Å². The number of rotatable bonds is 3. The first-order chi connectivity index (χ1) is 5.33. The first kappa shape index (κ1) is 8.05. The molecular formula is C9H14N2. The molecule has 0 radical (unpaired) electrons. The minimum absolute atomic E-state index is 0.602. The molecular weight excluding hydrogens is 136 g/mol. The third-order valence-corrected chi connectivity index (χ3v) is 1.67. The van der Waals surface area contributed by atoms with Crippen molar-refractivity contribution in [3.8, 4) is 0 Å². The summed E-state index contributed by atoms with van der Waals surface area (Å²) in [6.07, 6.45) is 5.42. The van der Waals surface area contributed by atoms with Crippen molar-refractivity contribution in [3.63, 3.8) is 0 Å². The van der Waals surface area contributed by atoms with Gasteiger partial charge in [0.25, 0.3) is 0 Å². The minimum atomic E-state index is 0.602. The third kappa shape index (κ3) is 2.58. The number of nitrogen functional groups attached to an aromatic ring is 1. The molecule has 60 valence electrons. The molecule has 0 bridgehead atoms. The van der Waals surface area contributed by atoms with E-state index in [1.807, 2.05) is 18.3 Å². The van der Waals surface area contributed by atoms with Crippen LogP contribution in [0.1, 0.15) is 25.3 Å². The van der Waals surface area contributed by atoms with E-state index in [1.54, 1.807) is 0 Å². The van der Waals surface area contributed by atoms with Crippen molar-refractivity contribution in [1.82, 2.24) is 4.98 Å². The predicted molar refractivity (Wildman–Crippen MR) is 47.3 cm³/mol. The van der Waals surface area contributed by atoms with Crippen LogP contribution in [0.15, 0.2) is 18.3 Å². The Labute approximate surface area is 67.5 Å². The zero-order chi connectivity index (χ0) is 8.10. The van der Waals surface area contributed by atoms with Gasteiger partial charge in [0, 0.05) is 6.20 Å². The van der Waals surface area contributed by atoms with Crippen LogP contribution < -0.4 is 5.73 Å². The molecule has 0 aliphatic carbocycles. The second-order valence-electron chi connectivity index (χ2n) is 2.69. The summed E-state index contributed by atoms with van der Waals surface area (Å²) in [5.41, 5.74) is 6.72. The molecule has 0 saturated carbocycles. The molecule has 0 spiro atoms. The Bertz CT molecular complexity index is 203. The number of aromatic nitrogens is 1. The van der Waals surface area contributed by atoms with E-state index < -0.39 is 0 Å². The Morgan fingerprint density at radius 1 is 1.45 bits per heavy atom. The number of anilines is 1. The van der Waals surface area contributed by atoms with Gasteiger partial charge < -0.3 is 5.73 Å². The summed E-state index contributed by atoms with van der Waals surface area (Å²) in [6.45, 7) is 2.19. The van der Waals surface area contributed by atoms with Gasteiger partial charge in [0.05, 0.1) is 0 Å². The number of nitrogens with two attached hydrogens (primary N) is 1. The molecule has 2 heteroatoms. The smallest absolute Gasteiger partial charge is 0.123 e. The zero-order valence-corrected chi connectivity index (χ0v) is 6.88. The summed E-state index contributed by atoms with van der Waals surface area (Å²) in [6, 6.07) is 3.89. The first-order valence-corrected chi connectivity index (χ1v) is 4.03. The van der Waals surface area contributed by atoms with Crippen molar-refractivity contribution in [2.45, 2.75) is 26.2 Å². The fraction of sp³-hybridized carbons (Fsp3) is 0.444. The molecule has 11 heavy (non-hydrogen) atoms. The highest BCUT2D eigenvalue weighted by Gasteiger charge is 1.91. The van der Waals surface area contributed by atoms with Gasteiger partial charge in [-0.2, -0.15) is 0 Å². The van der Waals surface area contributed by atoms with Crippen LogP contribution in [0.3, 0.4) is 0 Å². The lowest BCUT2D eigenvalue weighted by molar-refractivity contribution is 0.792. The monoisotopic (exact) mass is 150 g/mol. The largest absolute Gasteiger partial charge is 0.384 e. The van der Waals surface area contributed by atoms with E-state index in [9.17, 15) is 0 Å². The summed E-state index contributed by atoms with van der Waals surface area (Å²) < 4.78 is 0. The van der Waals surface area contributed by atoms with Crippen molar-refractivity contribution in [2.75, 3.05) is 5.73 Å². The second kappa shape index (κ2) is 3.96. The van der Waals surface area contributed by atoms with Gasteiger partial charge in [-0.3, -0.25) is 0 Å². The Morgan fingerprint density at radius 3 is 2.82 bits per heavy atom. The molecule has 2 N–H and O–H groups in total. The maximum atomic E-state index is 5.44. The van der Waals surface area contributed by atoms with E-state index in [0.717, 1.165) is 6.42 Å². The van der Waals surface area contributed by atoms with E-state index in [2.05, 4.69) is 11.9 Å². The maximum absolute atomic E-state index is 5.44. The van der Waals surface area contributed by atoms with Crippen LogP contribution in [0.4, 0.5) is 5.82 Å². The van der Waals surface area contributed by atoms with Crippen LogP contribution in [0, 0.1) is 0 Å². The fourth-order valence-corrected chi connectivity index (χ4v) is 0.965. The molecule has 0 amide bonds. The molecule has 0 unspecified atom stereocenters. The van der Waals surface area contributed by atoms with E-state index in [1.165, 1.54) is 18.4 Å². The molecule has 2 nitrogen and oxygen atoms in total. The minimum Gasteiger partial charge on any atom is -0.384 e. The van der Waals surface area contributed by atoms with Gasteiger partial charge in [0.15, 0.2) is 0 Å². The highest BCUT2D eigenvalue weighted by Crippen LogP contribution is 2.04. The van der Waals surface area contributed by atoms with Crippen LogP contribution in [-0.2, 0) is 6.42 Å². The van der Waals surface area contributed by atoms with Gasteiger partial charge in [-0.15, -0.1) is 0 Å². The lowest BCUT2D eigenvalue weighted by Gasteiger charge is -1.98. The molecule has 0 aromatic carbocycles. The molecule has 0 aliphatic rings. The fourth-order valence-electron chi connectivity index (χ4n) is 0.965. The highest BCUT2D eigenvalue weighted by molar-refractivity contribution is 5.29. The van der Waals surface area contributed by atoms with Crippen molar-refractivity contribution < 1.29 is 0 Å². The molecule has 1 rings (SSSR count). The predicted octanol–water partition coefficient (Wildman–Crippen LogP) is 2.01. The van der Waals surface area contributed by atoms with Gasteiger partial charge >= 0.3 is 0 Å². The summed E-state index contributed by atoms with van der Waals surface area (Å²) in [5, 5.41) is 0. The molecule has 1 aromatic heterocycles. The summed E-state index contributed by atoms with van der Waals surface area (Å²) in [7, 11) is 0. The number of hydrogen-bond acceptors (Lipinski definition) is 2. The molecule has 0 aliphatic heterocycles. The van der Waals surface area contributed by atoms with Crippen LogP contribution in [-0.4, -0.2) is 4.98 Å². The van der Waals surface area contributed by atoms with E-state index in [0.29, 0.717) is 5.82 Å². The van der Waals surface area contributed by atoms with Gasteiger partial charge in [-0.05, 0) is 24.5 Å². The van der Waals surface area contributed by atoms with Gasteiger partial charge in [-0.25, -0.2) is 4.98 Å². The summed E-state index contributed by atoms with van der Waals surface area (Å²) in [4.78, 5) is 4.01. The van der Waals surface area contributed by atoms with Crippen molar-refractivity contribution in [3.05, 3.63) is 23.9 Å². The van der Waals surface area contributed by atoms with Crippen molar-refractivity contribution in [1.29, 1.82) is 0 Å². The van der Waals surface area contributed by atoms with E-state index in [-0.39, 0.29) is 0 Å². The molecule has 0 atom stereocenters. The van der Waals surface area contributed by atoms with Crippen LogP contribution in [0.5, 0.6) is 0 Å². The number of hydrogen-bond donors (Lipinski definition) is 1. The average Bonchev–Trinajstić information content (AvgIpc) is 2.04. The summed E-state index contributed by atoms with van der Waals surface area (Å²) in [5.74, 6) is 0.602. The van der Waals surface area contributed by atoms with E-state index in [4.69, 9.17) is 5.73 Å². The number of pyridine rings is 1. The number of nitrogens with zero attached hydrogens (tertiary/aromatic N) is 1. The SMILES string of the molecule is CCCCc1ccc(N)nc1. The maximum Gasteiger partial charge on any atom is 0.123 e. The second-order valence-corrected chi connectivity index (χ2v) is 2.69. The third-order valence-electron chi connectivity index (χ3n) is 1.67. The first-order valence-electron chi connectivity index (χ1n) is 4.03. The molecule has 1 heterocycles. The van der Waals surface area contributed by atoms with Gasteiger partial charge in [-0.1, -0.05) is 19.4 Å². The van der Waals surface area contributed by atoms with Gasteiger partial charge in [0.1, 0.15) is 5.82 Å². The molecule has 0 saturated heterocycles. The normalized spacial score (nSPS) is 9.91. The average molecular weight is 150 g/mol.